The average Bonchev–Trinajstić information content (AvgIpc) is 2.73. The Morgan fingerprint density at radius 2 is 1.85 bits per heavy atom. The molecule has 1 aromatic carbocycles. The summed E-state index contributed by atoms with van der Waals surface area (Å²) in [5.41, 5.74) is 2.22. The summed E-state index contributed by atoms with van der Waals surface area (Å²) in [5.74, 6) is 1.75. The first kappa shape index (κ1) is 18.2. The molecule has 2 N–H and O–H groups in total. The zero-order chi connectivity index (χ0) is 19.1. The first-order valence-electron chi connectivity index (χ1n) is 8.32. The van der Waals surface area contributed by atoms with E-state index in [1.54, 1.807) is 44.8 Å². The van der Waals surface area contributed by atoms with E-state index < -0.39 is 0 Å². The number of methoxy groups -OCH3 is 2. The van der Waals surface area contributed by atoms with Gasteiger partial charge in [0.05, 0.1) is 25.5 Å². The minimum absolute atomic E-state index is 0.187. The van der Waals surface area contributed by atoms with E-state index in [0.717, 1.165) is 11.3 Å². The first-order chi connectivity index (χ1) is 13.2. The van der Waals surface area contributed by atoms with Crippen molar-refractivity contribution >= 4 is 17.4 Å². The molecule has 0 atom stereocenters. The summed E-state index contributed by atoms with van der Waals surface area (Å²) in [7, 11) is 3.19. The zero-order valence-electron chi connectivity index (χ0n) is 15.1. The van der Waals surface area contributed by atoms with Crippen molar-refractivity contribution in [2.24, 2.45) is 0 Å². The molecule has 7 heteroatoms. The van der Waals surface area contributed by atoms with Gasteiger partial charge in [0, 0.05) is 31.2 Å². The normalized spacial score (nSPS) is 10.1. The van der Waals surface area contributed by atoms with Gasteiger partial charge in [0.1, 0.15) is 17.3 Å². The quantitative estimate of drug-likeness (QED) is 0.670. The Hall–Kier alpha value is -3.61. The van der Waals surface area contributed by atoms with E-state index in [-0.39, 0.29) is 5.91 Å². The van der Waals surface area contributed by atoms with Crippen molar-refractivity contribution in [3.8, 4) is 11.5 Å². The van der Waals surface area contributed by atoms with Crippen LogP contribution in [-0.2, 0) is 6.54 Å². The van der Waals surface area contributed by atoms with Gasteiger partial charge in [-0.3, -0.25) is 9.78 Å². The number of hydrogen-bond donors (Lipinski definition) is 2. The van der Waals surface area contributed by atoms with Crippen molar-refractivity contribution in [3.05, 3.63) is 72.2 Å². The molecule has 7 nitrogen and oxygen atoms in total. The SMILES string of the molecule is COc1ccc(Nc2ccc(C(=O)NCc3ccncc3)cn2)c(OC)c1. The molecule has 0 aliphatic heterocycles. The number of aromatic nitrogens is 2. The van der Waals surface area contributed by atoms with Crippen LogP contribution in [0.15, 0.2) is 61.1 Å². The molecule has 3 aromatic rings. The van der Waals surface area contributed by atoms with Crippen molar-refractivity contribution < 1.29 is 14.3 Å². The van der Waals surface area contributed by atoms with E-state index in [4.69, 9.17) is 9.47 Å². The summed E-state index contributed by atoms with van der Waals surface area (Å²) in [4.78, 5) is 20.5. The highest BCUT2D eigenvalue weighted by molar-refractivity contribution is 5.94. The van der Waals surface area contributed by atoms with E-state index in [1.165, 1.54) is 6.20 Å². The number of benzene rings is 1. The summed E-state index contributed by atoms with van der Waals surface area (Å²) in [5, 5.41) is 6.02. The molecule has 2 aromatic heterocycles. The molecule has 3 rings (SSSR count). The van der Waals surface area contributed by atoms with Crippen LogP contribution >= 0.6 is 0 Å². The fraction of sp³-hybridized carbons (Fsp3) is 0.150. The Morgan fingerprint density at radius 1 is 1.04 bits per heavy atom. The average molecular weight is 364 g/mol. The van der Waals surface area contributed by atoms with Gasteiger partial charge < -0.3 is 20.1 Å². The van der Waals surface area contributed by atoms with Crippen LogP contribution in [-0.4, -0.2) is 30.1 Å². The van der Waals surface area contributed by atoms with E-state index in [9.17, 15) is 4.79 Å². The predicted octanol–water partition coefficient (Wildman–Crippen LogP) is 3.17. The molecular formula is C20H20N4O3. The van der Waals surface area contributed by atoms with Gasteiger partial charge in [0.2, 0.25) is 0 Å². The van der Waals surface area contributed by atoms with Crippen molar-refractivity contribution in [2.45, 2.75) is 6.54 Å². The fourth-order valence-corrected chi connectivity index (χ4v) is 2.43. The largest absolute Gasteiger partial charge is 0.497 e. The van der Waals surface area contributed by atoms with Gasteiger partial charge in [-0.05, 0) is 42.0 Å². The predicted molar refractivity (Wildman–Crippen MR) is 102 cm³/mol. The van der Waals surface area contributed by atoms with E-state index in [1.807, 2.05) is 24.3 Å². The number of ether oxygens (including phenoxy) is 2. The molecule has 0 unspecified atom stereocenters. The standard InChI is InChI=1S/C20H20N4O3/c1-26-16-4-5-17(18(11-16)27-2)24-19-6-3-15(13-22-19)20(25)23-12-14-7-9-21-10-8-14/h3-11,13H,12H2,1-2H3,(H,22,24)(H,23,25). The molecule has 0 aliphatic carbocycles. The van der Waals surface area contributed by atoms with Crippen LogP contribution in [0, 0.1) is 0 Å². The van der Waals surface area contributed by atoms with Gasteiger partial charge in [0.15, 0.2) is 0 Å². The van der Waals surface area contributed by atoms with Gasteiger partial charge in [-0.15, -0.1) is 0 Å². The number of amides is 1. The number of carbonyl (C=O) groups is 1. The third-order valence-electron chi connectivity index (χ3n) is 3.90. The van der Waals surface area contributed by atoms with Gasteiger partial charge in [0.25, 0.3) is 5.91 Å². The molecule has 0 saturated heterocycles. The Kier molecular flexibility index (Phi) is 5.84. The molecule has 0 bridgehead atoms. The van der Waals surface area contributed by atoms with E-state index >= 15 is 0 Å². The Labute approximate surface area is 157 Å². The second-order valence-corrected chi connectivity index (χ2v) is 5.66. The highest BCUT2D eigenvalue weighted by Gasteiger charge is 2.09. The maximum Gasteiger partial charge on any atom is 0.253 e. The number of rotatable bonds is 7. The number of nitrogens with zero attached hydrogens (tertiary/aromatic N) is 2. The van der Waals surface area contributed by atoms with Gasteiger partial charge in [-0.25, -0.2) is 4.98 Å². The van der Waals surface area contributed by atoms with Crippen LogP contribution in [0.3, 0.4) is 0 Å². The topological polar surface area (TPSA) is 85.4 Å². The minimum Gasteiger partial charge on any atom is -0.497 e. The molecule has 138 valence electrons. The number of hydrogen-bond acceptors (Lipinski definition) is 6. The second-order valence-electron chi connectivity index (χ2n) is 5.66. The van der Waals surface area contributed by atoms with E-state index in [0.29, 0.717) is 29.4 Å². The summed E-state index contributed by atoms with van der Waals surface area (Å²) < 4.78 is 10.5. The molecule has 0 fully saturated rings. The molecule has 27 heavy (non-hydrogen) atoms. The van der Waals surface area contributed by atoms with Crippen LogP contribution in [0.1, 0.15) is 15.9 Å². The molecule has 1 amide bonds. The smallest absolute Gasteiger partial charge is 0.253 e. The Morgan fingerprint density at radius 3 is 2.52 bits per heavy atom. The van der Waals surface area contributed by atoms with Crippen molar-refractivity contribution in [1.82, 2.24) is 15.3 Å². The highest BCUT2D eigenvalue weighted by atomic mass is 16.5. The monoisotopic (exact) mass is 364 g/mol. The maximum absolute atomic E-state index is 12.2. The molecule has 0 spiro atoms. The molecule has 0 saturated carbocycles. The second kappa shape index (κ2) is 8.66. The van der Waals surface area contributed by atoms with Gasteiger partial charge in [-0.2, -0.15) is 0 Å². The van der Waals surface area contributed by atoms with Crippen molar-refractivity contribution in [3.63, 3.8) is 0 Å². The fourth-order valence-electron chi connectivity index (χ4n) is 2.43. The van der Waals surface area contributed by atoms with Crippen molar-refractivity contribution in [1.29, 1.82) is 0 Å². The third kappa shape index (κ3) is 4.72. The van der Waals surface area contributed by atoms with Crippen molar-refractivity contribution in [2.75, 3.05) is 19.5 Å². The molecule has 2 heterocycles. The molecule has 0 radical (unpaired) electrons. The molecular weight excluding hydrogens is 344 g/mol. The molecule has 0 aliphatic rings. The van der Waals surface area contributed by atoms with Gasteiger partial charge in [-0.1, -0.05) is 0 Å². The lowest BCUT2D eigenvalue weighted by atomic mass is 10.2. The first-order valence-corrected chi connectivity index (χ1v) is 8.32. The number of nitrogens with one attached hydrogen (secondary N) is 2. The summed E-state index contributed by atoms with van der Waals surface area (Å²) >= 11 is 0. The van der Waals surface area contributed by atoms with Crippen LogP contribution < -0.4 is 20.1 Å². The Bertz CT molecular complexity index is 899. The zero-order valence-corrected chi connectivity index (χ0v) is 15.1. The number of carbonyl (C=O) groups excluding carboxylic acids is 1. The number of pyridine rings is 2. The van der Waals surface area contributed by atoms with E-state index in [2.05, 4.69) is 20.6 Å². The lowest BCUT2D eigenvalue weighted by Gasteiger charge is -2.12. The van der Waals surface area contributed by atoms with Crippen LogP contribution in [0.5, 0.6) is 11.5 Å². The lowest BCUT2D eigenvalue weighted by Crippen LogP contribution is -2.22. The lowest BCUT2D eigenvalue weighted by molar-refractivity contribution is 0.0950. The maximum atomic E-state index is 12.2. The van der Waals surface area contributed by atoms with Gasteiger partial charge >= 0.3 is 0 Å². The van der Waals surface area contributed by atoms with Crippen LogP contribution in [0.2, 0.25) is 0 Å². The van der Waals surface area contributed by atoms with Crippen LogP contribution in [0.25, 0.3) is 0 Å². The highest BCUT2D eigenvalue weighted by Crippen LogP contribution is 2.30. The summed E-state index contributed by atoms with van der Waals surface area (Å²) in [6, 6.07) is 12.6. The summed E-state index contributed by atoms with van der Waals surface area (Å²) in [6.07, 6.45) is 4.91. The summed E-state index contributed by atoms with van der Waals surface area (Å²) in [6.45, 7) is 0.435. The Balaban J connectivity index is 1.64. The number of anilines is 2. The minimum atomic E-state index is -0.187. The van der Waals surface area contributed by atoms with Crippen LogP contribution in [0.4, 0.5) is 11.5 Å². The third-order valence-corrected chi connectivity index (χ3v) is 3.90.